The number of ether oxygens (including phenoxy) is 1. The van der Waals surface area contributed by atoms with Crippen LogP contribution in [0.1, 0.15) is 26.7 Å². The number of anilines is 1. The number of amides is 1. The summed E-state index contributed by atoms with van der Waals surface area (Å²) in [6.45, 7) is 6.81. The maximum atomic E-state index is 14.2. The third-order valence-corrected chi connectivity index (χ3v) is 8.51. The van der Waals surface area contributed by atoms with Crippen LogP contribution in [0.25, 0.3) is 10.2 Å². The minimum atomic E-state index is -3.53. The molecule has 1 aromatic heterocycles. The molecule has 0 fully saturated rings. The molecule has 0 bridgehead atoms. The molecule has 0 spiro atoms. The minimum absolute atomic E-state index is 0.0477. The van der Waals surface area contributed by atoms with Crippen LogP contribution >= 0.6 is 11.3 Å². The van der Waals surface area contributed by atoms with Crippen molar-refractivity contribution in [2.75, 3.05) is 43.9 Å². The molecule has 2 aromatic carbocycles. The molecule has 0 aliphatic carbocycles. The van der Waals surface area contributed by atoms with Gasteiger partial charge in [0.05, 0.1) is 22.5 Å². The van der Waals surface area contributed by atoms with Gasteiger partial charge in [0.2, 0.25) is 5.91 Å². The van der Waals surface area contributed by atoms with Crippen LogP contribution in [0.5, 0.6) is 5.75 Å². The SMILES string of the molecule is CCN(CC)CCN(C(=O)CCCS(=O)(=O)c1ccc(OC)cc1)c1nc2c(F)cccc2s1. The molecule has 0 radical (unpaired) electrons. The molecule has 0 saturated heterocycles. The highest BCUT2D eigenvalue weighted by atomic mass is 32.2. The van der Waals surface area contributed by atoms with Crippen molar-refractivity contribution in [1.29, 1.82) is 0 Å². The van der Waals surface area contributed by atoms with E-state index in [1.807, 2.05) is 13.8 Å². The summed E-state index contributed by atoms with van der Waals surface area (Å²) in [5.41, 5.74) is 0.241. The standard InChI is InChI=1S/C24H30FN3O4S2/c1-4-27(5-2)15-16-28(24-26-23-20(25)8-6-9-21(23)33-24)22(29)10-7-17-34(30,31)19-13-11-18(32-3)12-14-19/h6,8-9,11-14H,4-5,7,10,15-17H2,1-3H3. The molecular weight excluding hydrogens is 477 g/mol. The molecule has 7 nitrogen and oxygen atoms in total. The first kappa shape index (κ1) is 26.1. The van der Waals surface area contributed by atoms with Gasteiger partial charge in [0.1, 0.15) is 17.1 Å². The zero-order valence-corrected chi connectivity index (χ0v) is 21.3. The lowest BCUT2D eigenvalue weighted by Crippen LogP contribution is -2.38. The Kier molecular flexibility index (Phi) is 8.98. The van der Waals surface area contributed by atoms with Gasteiger partial charge in [-0.05, 0) is 55.9 Å². The number of aromatic nitrogens is 1. The van der Waals surface area contributed by atoms with E-state index in [9.17, 15) is 17.6 Å². The van der Waals surface area contributed by atoms with Crippen molar-refractivity contribution >= 4 is 42.4 Å². The number of para-hydroxylation sites is 1. The second-order valence-corrected chi connectivity index (χ2v) is 10.9. The summed E-state index contributed by atoms with van der Waals surface area (Å²) in [6.07, 6.45) is 0.222. The largest absolute Gasteiger partial charge is 0.497 e. The molecule has 0 saturated carbocycles. The number of thiazole rings is 1. The highest BCUT2D eigenvalue weighted by molar-refractivity contribution is 7.91. The average Bonchev–Trinajstić information content (AvgIpc) is 3.27. The van der Waals surface area contributed by atoms with E-state index < -0.39 is 15.7 Å². The van der Waals surface area contributed by atoms with Crippen molar-refractivity contribution < 1.29 is 22.3 Å². The van der Waals surface area contributed by atoms with E-state index >= 15 is 0 Å². The van der Waals surface area contributed by atoms with Crippen LogP contribution in [0.15, 0.2) is 47.4 Å². The van der Waals surface area contributed by atoms with Crippen LogP contribution in [0, 0.1) is 5.82 Å². The molecule has 3 rings (SSSR count). The molecule has 1 amide bonds. The Morgan fingerprint density at radius 3 is 2.41 bits per heavy atom. The molecule has 0 unspecified atom stereocenters. The number of hydrogen-bond donors (Lipinski definition) is 0. The number of carbonyl (C=O) groups is 1. The summed E-state index contributed by atoms with van der Waals surface area (Å²) >= 11 is 1.26. The Morgan fingerprint density at radius 1 is 1.09 bits per heavy atom. The average molecular weight is 508 g/mol. The molecule has 184 valence electrons. The minimum Gasteiger partial charge on any atom is -0.497 e. The lowest BCUT2D eigenvalue weighted by atomic mass is 10.3. The van der Waals surface area contributed by atoms with Gasteiger partial charge in [-0.25, -0.2) is 17.8 Å². The van der Waals surface area contributed by atoms with Gasteiger partial charge in [-0.15, -0.1) is 0 Å². The topological polar surface area (TPSA) is 79.8 Å². The second-order valence-electron chi connectivity index (χ2n) is 7.75. The normalized spacial score (nSPS) is 11.8. The number of rotatable bonds is 12. The molecule has 3 aromatic rings. The Bertz CT molecular complexity index is 1210. The number of methoxy groups -OCH3 is 1. The summed E-state index contributed by atoms with van der Waals surface area (Å²) in [5, 5.41) is 0.426. The molecule has 1 heterocycles. The maximum Gasteiger partial charge on any atom is 0.228 e. The Hall–Kier alpha value is -2.56. The Labute approximate surface area is 204 Å². The van der Waals surface area contributed by atoms with E-state index in [1.165, 1.54) is 36.6 Å². The molecule has 0 aliphatic rings. The number of benzene rings is 2. The second kappa shape index (κ2) is 11.7. The third-order valence-electron chi connectivity index (χ3n) is 5.65. The van der Waals surface area contributed by atoms with Crippen LogP contribution in [0.3, 0.4) is 0 Å². The van der Waals surface area contributed by atoms with Crippen LogP contribution in [-0.2, 0) is 14.6 Å². The Morgan fingerprint density at radius 2 is 1.79 bits per heavy atom. The number of carbonyl (C=O) groups excluding carboxylic acids is 1. The molecule has 0 aliphatic heterocycles. The van der Waals surface area contributed by atoms with Gasteiger partial charge < -0.3 is 9.64 Å². The number of halogens is 1. The van der Waals surface area contributed by atoms with Crippen molar-refractivity contribution in [2.45, 2.75) is 31.6 Å². The van der Waals surface area contributed by atoms with Gasteiger partial charge in [-0.3, -0.25) is 9.69 Å². The molecular formula is C24H30FN3O4S2. The Balaban J connectivity index is 1.73. The predicted octanol–water partition coefficient (Wildman–Crippen LogP) is 4.37. The summed E-state index contributed by atoms with van der Waals surface area (Å²) < 4.78 is 45.3. The van der Waals surface area contributed by atoms with Crippen LogP contribution in [-0.4, -0.2) is 63.3 Å². The van der Waals surface area contributed by atoms with Crippen LogP contribution in [0.2, 0.25) is 0 Å². The highest BCUT2D eigenvalue weighted by Crippen LogP contribution is 2.31. The van der Waals surface area contributed by atoms with Crippen molar-refractivity contribution in [2.24, 2.45) is 0 Å². The van der Waals surface area contributed by atoms with Crippen LogP contribution in [0.4, 0.5) is 9.52 Å². The zero-order valence-electron chi connectivity index (χ0n) is 19.7. The smallest absolute Gasteiger partial charge is 0.228 e. The predicted molar refractivity (Wildman–Crippen MR) is 134 cm³/mol. The fourth-order valence-corrected chi connectivity index (χ4v) is 5.91. The molecule has 0 atom stereocenters. The quantitative estimate of drug-likeness (QED) is 0.362. The fraction of sp³-hybridized carbons (Fsp3) is 0.417. The number of likely N-dealkylation sites (N-methyl/N-ethyl adjacent to an activating group) is 1. The van der Waals surface area contributed by atoms with Crippen molar-refractivity contribution in [1.82, 2.24) is 9.88 Å². The number of sulfone groups is 1. The lowest BCUT2D eigenvalue weighted by molar-refractivity contribution is -0.118. The fourth-order valence-electron chi connectivity index (χ4n) is 3.58. The molecule has 0 N–H and O–H groups in total. The number of nitrogens with zero attached hydrogens (tertiary/aromatic N) is 3. The summed E-state index contributed by atoms with van der Waals surface area (Å²) in [7, 11) is -2.01. The first-order chi connectivity index (χ1) is 16.3. The first-order valence-corrected chi connectivity index (χ1v) is 13.7. The van der Waals surface area contributed by atoms with E-state index in [0.717, 1.165) is 13.1 Å². The van der Waals surface area contributed by atoms with E-state index in [0.29, 0.717) is 28.7 Å². The summed E-state index contributed by atoms with van der Waals surface area (Å²) in [4.78, 5) is 21.5. The van der Waals surface area contributed by atoms with Gasteiger partial charge in [0.25, 0.3) is 0 Å². The van der Waals surface area contributed by atoms with Crippen LogP contribution < -0.4 is 9.64 Å². The van der Waals surface area contributed by atoms with Crippen molar-refractivity contribution in [3.8, 4) is 5.75 Å². The monoisotopic (exact) mass is 507 g/mol. The molecule has 34 heavy (non-hydrogen) atoms. The lowest BCUT2D eigenvalue weighted by Gasteiger charge is -2.24. The summed E-state index contributed by atoms with van der Waals surface area (Å²) in [5.74, 6) is -0.229. The number of fused-ring (bicyclic) bond motifs is 1. The highest BCUT2D eigenvalue weighted by Gasteiger charge is 2.22. The van der Waals surface area contributed by atoms with E-state index in [4.69, 9.17) is 4.74 Å². The zero-order chi connectivity index (χ0) is 24.7. The third kappa shape index (κ3) is 6.31. The summed E-state index contributed by atoms with van der Waals surface area (Å²) in [6, 6.07) is 10.9. The molecule has 10 heteroatoms. The van der Waals surface area contributed by atoms with Gasteiger partial charge in [-0.2, -0.15) is 0 Å². The maximum absolute atomic E-state index is 14.2. The van der Waals surface area contributed by atoms with Crippen molar-refractivity contribution in [3.05, 3.63) is 48.3 Å². The number of hydrogen-bond acceptors (Lipinski definition) is 7. The van der Waals surface area contributed by atoms with E-state index in [1.54, 1.807) is 29.2 Å². The van der Waals surface area contributed by atoms with Crippen molar-refractivity contribution in [3.63, 3.8) is 0 Å². The van der Waals surface area contributed by atoms with Gasteiger partial charge in [0.15, 0.2) is 15.0 Å². The van der Waals surface area contributed by atoms with E-state index in [2.05, 4.69) is 9.88 Å². The van der Waals surface area contributed by atoms with Gasteiger partial charge >= 0.3 is 0 Å². The van der Waals surface area contributed by atoms with Gasteiger partial charge in [-0.1, -0.05) is 31.3 Å². The van der Waals surface area contributed by atoms with Gasteiger partial charge in [0, 0.05) is 19.5 Å². The van der Waals surface area contributed by atoms with E-state index in [-0.39, 0.29) is 34.9 Å². The first-order valence-electron chi connectivity index (χ1n) is 11.2.